The van der Waals surface area contributed by atoms with Gasteiger partial charge < -0.3 is 10.1 Å². The lowest BCUT2D eigenvalue weighted by Gasteiger charge is -2.07. The van der Waals surface area contributed by atoms with Crippen molar-refractivity contribution in [3.05, 3.63) is 73.8 Å². The second-order valence-corrected chi connectivity index (χ2v) is 5.16. The first kappa shape index (κ1) is 18.5. The van der Waals surface area contributed by atoms with E-state index in [1.165, 1.54) is 36.4 Å². The fraction of sp³-hybridized carbons (Fsp3) is 0.125. The summed E-state index contributed by atoms with van der Waals surface area (Å²) in [5.41, 5.74) is -0.298. The molecule has 0 atom stereocenters. The highest BCUT2D eigenvalue weighted by Gasteiger charge is 2.21. The standard InChI is InChI=1S/C16H13N3O7/c1-10-6-7-11(8-14(10)19(24)25)17-15(20)9-26-16(21)12-4-2-3-5-13(12)18(22)23/h2-8H,9H2,1H3,(H,17,20). The molecule has 0 heterocycles. The van der Waals surface area contributed by atoms with Gasteiger partial charge in [-0.3, -0.25) is 25.0 Å². The van der Waals surface area contributed by atoms with E-state index in [1.807, 2.05) is 0 Å². The van der Waals surface area contributed by atoms with Crippen LogP contribution in [0.3, 0.4) is 0 Å². The van der Waals surface area contributed by atoms with Gasteiger partial charge in [0.2, 0.25) is 0 Å². The Balaban J connectivity index is 2.01. The summed E-state index contributed by atoms with van der Waals surface area (Å²) < 4.78 is 4.77. The number of amides is 1. The Bertz CT molecular complexity index is 895. The number of carbonyl (C=O) groups is 2. The molecular weight excluding hydrogens is 346 g/mol. The summed E-state index contributed by atoms with van der Waals surface area (Å²) in [4.78, 5) is 44.2. The number of nitrogens with zero attached hydrogens (tertiary/aromatic N) is 2. The van der Waals surface area contributed by atoms with Crippen LogP contribution in [-0.2, 0) is 9.53 Å². The van der Waals surface area contributed by atoms with E-state index in [1.54, 1.807) is 6.92 Å². The average Bonchev–Trinajstić information content (AvgIpc) is 2.61. The molecule has 134 valence electrons. The number of nitro groups is 2. The zero-order valence-corrected chi connectivity index (χ0v) is 13.5. The van der Waals surface area contributed by atoms with Crippen molar-refractivity contribution in [2.45, 2.75) is 6.92 Å². The Hall–Kier alpha value is -3.82. The maximum atomic E-state index is 11.9. The summed E-state index contributed by atoms with van der Waals surface area (Å²) in [6, 6.07) is 9.28. The predicted molar refractivity (Wildman–Crippen MR) is 89.8 cm³/mol. The summed E-state index contributed by atoms with van der Waals surface area (Å²) in [6.07, 6.45) is 0. The van der Waals surface area contributed by atoms with Crippen molar-refractivity contribution in [2.24, 2.45) is 0 Å². The maximum absolute atomic E-state index is 11.9. The van der Waals surface area contributed by atoms with E-state index in [0.717, 1.165) is 6.07 Å². The van der Waals surface area contributed by atoms with Crippen LogP contribution in [0.25, 0.3) is 0 Å². The summed E-state index contributed by atoms with van der Waals surface area (Å²) in [5.74, 6) is -1.77. The highest BCUT2D eigenvalue weighted by molar-refractivity contribution is 5.97. The largest absolute Gasteiger partial charge is 0.452 e. The molecule has 1 N–H and O–H groups in total. The first-order chi connectivity index (χ1) is 12.3. The van der Waals surface area contributed by atoms with Crippen LogP contribution in [0.2, 0.25) is 0 Å². The zero-order valence-electron chi connectivity index (χ0n) is 13.5. The van der Waals surface area contributed by atoms with Gasteiger partial charge in [-0.2, -0.15) is 0 Å². The van der Waals surface area contributed by atoms with Crippen molar-refractivity contribution >= 4 is 28.9 Å². The Morgan fingerprint density at radius 2 is 1.69 bits per heavy atom. The molecule has 2 aromatic carbocycles. The number of ether oxygens (including phenoxy) is 1. The van der Waals surface area contributed by atoms with Crippen LogP contribution in [0, 0.1) is 27.2 Å². The lowest BCUT2D eigenvalue weighted by Crippen LogP contribution is -2.21. The number of para-hydroxylation sites is 1. The summed E-state index contributed by atoms with van der Waals surface area (Å²) >= 11 is 0. The molecule has 0 aliphatic carbocycles. The fourth-order valence-corrected chi connectivity index (χ4v) is 2.10. The second-order valence-electron chi connectivity index (χ2n) is 5.16. The molecule has 2 aromatic rings. The zero-order chi connectivity index (χ0) is 19.3. The van der Waals surface area contributed by atoms with Gasteiger partial charge in [-0.05, 0) is 19.1 Å². The van der Waals surface area contributed by atoms with Crippen molar-refractivity contribution in [2.75, 3.05) is 11.9 Å². The van der Waals surface area contributed by atoms with Crippen molar-refractivity contribution in [1.82, 2.24) is 0 Å². The third-order valence-corrected chi connectivity index (χ3v) is 3.34. The van der Waals surface area contributed by atoms with Crippen molar-refractivity contribution in [3.63, 3.8) is 0 Å². The molecule has 0 bridgehead atoms. The predicted octanol–water partition coefficient (Wildman–Crippen LogP) is 2.61. The third kappa shape index (κ3) is 4.38. The molecule has 10 nitrogen and oxygen atoms in total. The molecule has 0 aliphatic rings. The number of anilines is 1. The molecular formula is C16H13N3O7. The Labute approximate surface area is 146 Å². The van der Waals surface area contributed by atoms with Crippen LogP contribution in [0.15, 0.2) is 42.5 Å². The Morgan fingerprint density at radius 1 is 1.04 bits per heavy atom. The first-order valence-corrected chi connectivity index (χ1v) is 7.25. The van der Waals surface area contributed by atoms with Crippen molar-refractivity contribution in [1.29, 1.82) is 0 Å². The van der Waals surface area contributed by atoms with Gasteiger partial charge in [-0.25, -0.2) is 4.79 Å². The number of hydrogen-bond acceptors (Lipinski definition) is 7. The van der Waals surface area contributed by atoms with E-state index in [-0.39, 0.29) is 16.9 Å². The summed E-state index contributed by atoms with van der Waals surface area (Å²) in [5, 5.41) is 24.1. The van der Waals surface area contributed by atoms with Crippen LogP contribution in [0.1, 0.15) is 15.9 Å². The number of benzene rings is 2. The summed E-state index contributed by atoms with van der Waals surface area (Å²) in [6.45, 7) is 0.852. The second kappa shape index (κ2) is 7.83. The van der Waals surface area contributed by atoms with Crippen molar-refractivity contribution in [3.8, 4) is 0 Å². The van der Waals surface area contributed by atoms with Crippen LogP contribution in [-0.4, -0.2) is 28.3 Å². The van der Waals surface area contributed by atoms with E-state index in [4.69, 9.17) is 4.74 Å². The van der Waals surface area contributed by atoms with Gasteiger partial charge in [0.05, 0.1) is 9.85 Å². The molecule has 0 saturated carbocycles. The SMILES string of the molecule is Cc1ccc(NC(=O)COC(=O)c2ccccc2[N+](=O)[O-])cc1[N+](=O)[O-]. The topological polar surface area (TPSA) is 142 Å². The van der Waals surface area contributed by atoms with Crippen LogP contribution in [0.4, 0.5) is 17.1 Å². The highest BCUT2D eigenvalue weighted by Crippen LogP contribution is 2.22. The third-order valence-electron chi connectivity index (χ3n) is 3.34. The number of esters is 1. The number of nitro benzene ring substituents is 2. The number of aryl methyl sites for hydroxylation is 1. The molecule has 0 aliphatic heterocycles. The van der Waals surface area contributed by atoms with Gasteiger partial charge in [0, 0.05) is 23.4 Å². The molecule has 0 fully saturated rings. The van der Waals surface area contributed by atoms with E-state index in [0.29, 0.717) is 5.56 Å². The van der Waals surface area contributed by atoms with Gasteiger partial charge in [0.25, 0.3) is 17.3 Å². The van der Waals surface area contributed by atoms with Crippen LogP contribution < -0.4 is 5.32 Å². The van der Waals surface area contributed by atoms with Gasteiger partial charge in [0.15, 0.2) is 6.61 Å². The van der Waals surface area contributed by atoms with Crippen LogP contribution >= 0.6 is 0 Å². The molecule has 0 spiro atoms. The molecule has 0 unspecified atom stereocenters. The molecule has 0 radical (unpaired) electrons. The van der Waals surface area contributed by atoms with Gasteiger partial charge in [-0.1, -0.05) is 18.2 Å². The normalized spacial score (nSPS) is 10.0. The fourth-order valence-electron chi connectivity index (χ4n) is 2.10. The molecule has 26 heavy (non-hydrogen) atoms. The number of rotatable bonds is 6. The Morgan fingerprint density at radius 3 is 2.35 bits per heavy atom. The smallest absolute Gasteiger partial charge is 0.345 e. The lowest BCUT2D eigenvalue weighted by molar-refractivity contribution is -0.385. The van der Waals surface area contributed by atoms with Gasteiger partial charge in [-0.15, -0.1) is 0 Å². The lowest BCUT2D eigenvalue weighted by atomic mass is 10.2. The first-order valence-electron chi connectivity index (χ1n) is 7.25. The van der Waals surface area contributed by atoms with E-state index >= 15 is 0 Å². The van der Waals surface area contributed by atoms with Gasteiger partial charge >= 0.3 is 5.97 Å². The van der Waals surface area contributed by atoms with E-state index < -0.39 is 34.0 Å². The molecule has 10 heteroatoms. The maximum Gasteiger partial charge on any atom is 0.345 e. The minimum absolute atomic E-state index is 0.161. The molecule has 0 aromatic heterocycles. The highest BCUT2D eigenvalue weighted by atomic mass is 16.6. The van der Waals surface area contributed by atoms with Crippen LogP contribution in [0.5, 0.6) is 0 Å². The minimum atomic E-state index is -1.03. The molecule has 1 amide bonds. The Kier molecular flexibility index (Phi) is 5.58. The number of hydrogen-bond donors (Lipinski definition) is 1. The van der Waals surface area contributed by atoms with Gasteiger partial charge in [0.1, 0.15) is 5.56 Å². The number of carbonyl (C=O) groups excluding carboxylic acids is 2. The van der Waals surface area contributed by atoms with E-state index in [2.05, 4.69) is 5.32 Å². The van der Waals surface area contributed by atoms with E-state index in [9.17, 15) is 29.8 Å². The monoisotopic (exact) mass is 359 g/mol. The summed E-state index contributed by atoms with van der Waals surface area (Å²) in [7, 11) is 0. The molecule has 0 saturated heterocycles. The number of nitrogens with one attached hydrogen (secondary N) is 1. The average molecular weight is 359 g/mol. The molecule has 2 rings (SSSR count). The minimum Gasteiger partial charge on any atom is -0.452 e. The quantitative estimate of drug-likeness (QED) is 0.474. The van der Waals surface area contributed by atoms with Crippen molar-refractivity contribution < 1.29 is 24.2 Å².